The number of halogens is 1. The number of β-amino-alcohol motifs (C(OH)–C–C–N with tert-alkyl or cyclic N) is 1. The molecule has 3 rings (SSSR count). The molecule has 1 N–H and O–H groups in total. The predicted octanol–water partition coefficient (Wildman–Crippen LogP) is 0.852. The highest BCUT2D eigenvalue weighted by molar-refractivity contribution is 5.86. The van der Waals surface area contributed by atoms with Gasteiger partial charge in [-0.15, -0.1) is 0 Å². The lowest BCUT2D eigenvalue weighted by Gasteiger charge is -2.43. The van der Waals surface area contributed by atoms with Crippen LogP contribution in [0, 0.1) is 5.82 Å². The Hall–Kier alpha value is -2.19. The number of hydrogen-bond donors (Lipinski definition) is 1. The van der Waals surface area contributed by atoms with Crippen molar-refractivity contribution in [2.24, 2.45) is 0 Å². The maximum absolute atomic E-state index is 14.2. The molecule has 1 atom stereocenters. The van der Waals surface area contributed by atoms with E-state index >= 15 is 0 Å². The second-order valence-electron chi connectivity index (χ2n) is 7.60. The molecule has 2 heterocycles. The zero-order valence-corrected chi connectivity index (χ0v) is 16.5. The fourth-order valence-electron chi connectivity index (χ4n) is 3.96. The molecular weight excluding hydrogens is 365 g/mol. The Balaban J connectivity index is 1.65. The van der Waals surface area contributed by atoms with E-state index in [0.717, 1.165) is 0 Å². The van der Waals surface area contributed by atoms with E-state index in [-0.39, 0.29) is 24.9 Å². The minimum atomic E-state index is -1.48. The first-order chi connectivity index (χ1) is 13.3. The molecule has 2 aliphatic heterocycles. The Morgan fingerprint density at radius 1 is 1.25 bits per heavy atom. The van der Waals surface area contributed by atoms with Gasteiger partial charge < -0.3 is 19.6 Å². The number of benzene rings is 1. The van der Waals surface area contributed by atoms with Gasteiger partial charge in [0.25, 0.3) is 5.91 Å². The van der Waals surface area contributed by atoms with Crippen LogP contribution in [-0.4, -0.2) is 83.6 Å². The lowest BCUT2D eigenvalue weighted by Crippen LogP contribution is -2.60. The summed E-state index contributed by atoms with van der Waals surface area (Å²) in [4.78, 5) is 29.8. The number of methoxy groups -OCH3 is 1. The molecule has 1 aromatic carbocycles. The lowest BCUT2D eigenvalue weighted by atomic mass is 9.90. The van der Waals surface area contributed by atoms with Crippen molar-refractivity contribution in [3.8, 4) is 5.75 Å². The monoisotopic (exact) mass is 393 g/mol. The van der Waals surface area contributed by atoms with Crippen LogP contribution in [-0.2, 0) is 16.1 Å². The molecule has 2 amide bonds. The van der Waals surface area contributed by atoms with Crippen molar-refractivity contribution in [1.82, 2.24) is 14.7 Å². The van der Waals surface area contributed by atoms with Crippen molar-refractivity contribution in [2.75, 3.05) is 46.4 Å². The van der Waals surface area contributed by atoms with Crippen LogP contribution >= 0.6 is 0 Å². The fraction of sp³-hybridized carbons (Fsp3) is 0.600. The molecule has 0 saturated carbocycles. The smallest absolute Gasteiger partial charge is 0.256 e. The molecular formula is C20H28FN3O4. The molecule has 28 heavy (non-hydrogen) atoms. The highest BCUT2D eigenvalue weighted by Gasteiger charge is 2.43. The van der Waals surface area contributed by atoms with Crippen LogP contribution in [0.2, 0.25) is 0 Å². The molecule has 0 spiro atoms. The summed E-state index contributed by atoms with van der Waals surface area (Å²) in [5, 5.41) is 11.1. The topological polar surface area (TPSA) is 73.3 Å². The van der Waals surface area contributed by atoms with Gasteiger partial charge in [0.15, 0.2) is 5.60 Å². The molecule has 7 nitrogen and oxygen atoms in total. The van der Waals surface area contributed by atoms with E-state index in [1.165, 1.54) is 24.1 Å². The molecule has 2 saturated heterocycles. The van der Waals surface area contributed by atoms with Gasteiger partial charge in [0.1, 0.15) is 11.6 Å². The summed E-state index contributed by atoms with van der Waals surface area (Å²) in [6.07, 6.45) is 1.04. The fourth-order valence-corrected chi connectivity index (χ4v) is 3.96. The summed E-state index contributed by atoms with van der Waals surface area (Å²) >= 11 is 0. The van der Waals surface area contributed by atoms with E-state index in [4.69, 9.17) is 4.74 Å². The molecule has 0 aromatic heterocycles. The molecule has 0 unspecified atom stereocenters. The second-order valence-corrected chi connectivity index (χ2v) is 7.60. The van der Waals surface area contributed by atoms with Crippen molar-refractivity contribution in [2.45, 2.75) is 31.9 Å². The molecule has 0 radical (unpaired) electrons. The van der Waals surface area contributed by atoms with Gasteiger partial charge in [-0.1, -0.05) is 0 Å². The Labute approximate surface area is 164 Å². The van der Waals surface area contributed by atoms with Crippen molar-refractivity contribution in [3.05, 3.63) is 29.6 Å². The Bertz CT molecular complexity index is 736. The Kier molecular flexibility index (Phi) is 6.20. The number of piperidine rings is 1. The van der Waals surface area contributed by atoms with E-state index in [1.54, 1.807) is 17.9 Å². The maximum atomic E-state index is 14.2. The number of nitrogens with zero attached hydrogens (tertiary/aromatic N) is 3. The summed E-state index contributed by atoms with van der Waals surface area (Å²) < 4.78 is 19.3. The highest BCUT2D eigenvalue weighted by Crippen LogP contribution is 2.27. The van der Waals surface area contributed by atoms with Gasteiger partial charge in [-0.05, 0) is 31.0 Å². The average Bonchev–Trinajstić information content (AvgIpc) is 2.67. The molecule has 1 aromatic rings. The minimum absolute atomic E-state index is 0.0404. The third-order valence-corrected chi connectivity index (χ3v) is 5.62. The van der Waals surface area contributed by atoms with E-state index in [2.05, 4.69) is 0 Å². The average molecular weight is 393 g/mol. The summed E-state index contributed by atoms with van der Waals surface area (Å²) in [5.74, 6) is -0.198. The summed E-state index contributed by atoms with van der Waals surface area (Å²) in [5.41, 5.74) is -1.11. The molecule has 0 bridgehead atoms. The predicted molar refractivity (Wildman–Crippen MR) is 101 cm³/mol. The maximum Gasteiger partial charge on any atom is 0.256 e. The number of amides is 2. The van der Waals surface area contributed by atoms with Crippen LogP contribution in [0.15, 0.2) is 18.2 Å². The second kappa shape index (κ2) is 8.45. The number of likely N-dealkylation sites (tertiary alicyclic amines) is 1. The van der Waals surface area contributed by atoms with Gasteiger partial charge in [0, 0.05) is 58.3 Å². The molecule has 2 fully saturated rings. The SMILES string of the molecule is COc1ccc(F)c(CN2CCC[C@@](O)(CN3CCN(C(C)=O)CC3)C2=O)c1. The van der Waals surface area contributed by atoms with Gasteiger partial charge in [-0.2, -0.15) is 0 Å². The van der Waals surface area contributed by atoms with Gasteiger partial charge >= 0.3 is 0 Å². The number of hydrogen-bond acceptors (Lipinski definition) is 5. The minimum Gasteiger partial charge on any atom is -0.497 e. The number of ether oxygens (including phenoxy) is 1. The van der Waals surface area contributed by atoms with Crippen LogP contribution < -0.4 is 4.74 Å². The van der Waals surface area contributed by atoms with E-state index < -0.39 is 11.4 Å². The van der Waals surface area contributed by atoms with Crippen LogP contribution in [0.4, 0.5) is 4.39 Å². The first-order valence-corrected chi connectivity index (χ1v) is 9.64. The van der Waals surface area contributed by atoms with E-state index in [0.29, 0.717) is 56.9 Å². The van der Waals surface area contributed by atoms with Crippen molar-refractivity contribution < 1.29 is 23.8 Å². The molecule has 0 aliphatic carbocycles. The van der Waals surface area contributed by atoms with Gasteiger partial charge in [-0.3, -0.25) is 14.5 Å². The number of carbonyl (C=O) groups is 2. The standard InChI is InChI=1S/C20H28FN3O4/c1-15(25)23-10-8-22(9-11-23)14-20(27)6-3-7-24(19(20)26)13-16-12-17(28-2)4-5-18(16)21/h4-5,12,27H,3,6-11,13-14H2,1-2H3/t20-/m1/s1. The normalized spacial score (nSPS) is 23.8. The van der Waals surface area contributed by atoms with Crippen molar-refractivity contribution >= 4 is 11.8 Å². The largest absolute Gasteiger partial charge is 0.497 e. The summed E-state index contributed by atoms with van der Waals surface area (Å²) in [7, 11) is 1.51. The number of carbonyl (C=O) groups excluding carboxylic acids is 2. The summed E-state index contributed by atoms with van der Waals surface area (Å²) in [6.45, 7) is 4.80. The van der Waals surface area contributed by atoms with Crippen LogP contribution in [0.25, 0.3) is 0 Å². The van der Waals surface area contributed by atoms with E-state index in [1.807, 2.05) is 4.90 Å². The molecule has 154 valence electrons. The number of aliphatic hydroxyl groups is 1. The van der Waals surface area contributed by atoms with Crippen molar-refractivity contribution in [3.63, 3.8) is 0 Å². The third kappa shape index (κ3) is 4.44. The van der Waals surface area contributed by atoms with Crippen LogP contribution in [0.1, 0.15) is 25.3 Å². The zero-order chi connectivity index (χ0) is 20.3. The van der Waals surface area contributed by atoms with Crippen LogP contribution in [0.3, 0.4) is 0 Å². The van der Waals surface area contributed by atoms with E-state index in [9.17, 15) is 19.1 Å². The summed E-state index contributed by atoms with van der Waals surface area (Å²) in [6, 6.07) is 4.44. The zero-order valence-electron chi connectivity index (χ0n) is 16.5. The first kappa shape index (κ1) is 20.5. The van der Waals surface area contributed by atoms with Crippen molar-refractivity contribution in [1.29, 1.82) is 0 Å². The first-order valence-electron chi connectivity index (χ1n) is 9.64. The van der Waals surface area contributed by atoms with Gasteiger partial charge in [0.05, 0.1) is 7.11 Å². The molecule has 8 heteroatoms. The third-order valence-electron chi connectivity index (χ3n) is 5.62. The molecule has 2 aliphatic rings. The quantitative estimate of drug-likeness (QED) is 0.803. The van der Waals surface area contributed by atoms with Gasteiger partial charge in [0.2, 0.25) is 5.91 Å². The number of piperazine rings is 1. The Morgan fingerprint density at radius 2 is 1.96 bits per heavy atom. The highest BCUT2D eigenvalue weighted by atomic mass is 19.1. The van der Waals surface area contributed by atoms with Gasteiger partial charge in [-0.25, -0.2) is 4.39 Å². The Morgan fingerprint density at radius 3 is 2.61 bits per heavy atom. The van der Waals surface area contributed by atoms with Crippen LogP contribution in [0.5, 0.6) is 5.75 Å². The lowest BCUT2D eigenvalue weighted by molar-refractivity contribution is -0.161. The number of rotatable bonds is 5.